The number of benzene rings is 1. The summed E-state index contributed by atoms with van der Waals surface area (Å²) in [6.07, 6.45) is -0.759. The van der Waals surface area contributed by atoms with Crippen LogP contribution < -0.4 is 0 Å². The zero-order valence-corrected chi connectivity index (χ0v) is 11.9. The highest BCUT2D eigenvalue weighted by Crippen LogP contribution is 2.23. The predicted molar refractivity (Wildman–Crippen MR) is 72.8 cm³/mol. The maximum absolute atomic E-state index is 13.5. The van der Waals surface area contributed by atoms with Gasteiger partial charge in [0.1, 0.15) is 5.82 Å². The molecule has 1 atom stereocenters. The fraction of sp³-hybridized carbons (Fsp3) is 0.462. The van der Waals surface area contributed by atoms with Gasteiger partial charge in [-0.05, 0) is 18.2 Å². The normalized spacial score (nSPS) is 12.3. The van der Waals surface area contributed by atoms with Gasteiger partial charge in [0.15, 0.2) is 0 Å². The molecule has 1 unspecified atom stereocenters. The van der Waals surface area contributed by atoms with Gasteiger partial charge < -0.3 is 19.7 Å². The Bertz CT molecular complexity index is 441. The zero-order chi connectivity index (χ0) is 15.0. The SMILES string of the molecule is COCCOCC(O)CSc1cc(C(=O)O)ccc1F. The molecule has 0 spiro atoms. The van der Waals surface area contributed by atoms with Gasteiger partial charge in [-0.3, -0.25) is 0 Å². The van der Waals surface area contributed by atoms with Gasteiger partial charge in [-0.1, -0.05) is 0 Å². The second kappa shape index (κ2) is 8.91. The van der Waals surface area contributed by atoms with Crippen LogP contribution in [0.5, 0.6) is 0 Å². The lowest BCUT2D eigenvalue weighted by Gasteiger charge is -2.11. The quantitative estimate of drug-likeness (QED) is 0.533. The van der Waals surface area contributed by atoms with E-state index in [1.165, 1.54) is 12.1 Å². The van der Waals surface area contributed by atoms with Crippen LogP contribution in [0.15, 0.2) is 23.1 Å². The van der Waals surface area contributed by atoms with Crippen LogP contribution in [0.2, 0.25) is 0 Å². The highest BCUT2D eigenvalue weighted by molar-refractivity contribution is 7.99. The van der Waals surface area contributed by atoms with Gasteiger partial charge in [-0.15, -0.1) is 11.8 Å². The molecule has 0 fully saturated rings. The van der Waals surface area contributed by atoms with Gasteiger partial charge >= 0.3 is 5.97 Å². The Labute approximate surface area is 120 Å². The summed E-state index contributed by atoms with van der Waals surface area (Å²) in [7, 11) is 1.55. The summed E-state index contributed by atoms with van der Waals surface area (Å²) in [5.41, 5.74) is 0.0136. The second-order valence-electron chi connectivity index (χ2n) is 3.98. The van der Waals surface area contributed by atoms with Crippen molar-refractivity contribution >= 4 is 17.7 Å². The van der Waals surface area contributed by atoms with E-state index in [9.17, 15) is 14.3 Å². The van der Waals surface area contributed by atoms with E-state index in [1.54, 1.807) is 7.11 Å². The van der Waals surface area contributed by atoms with Gasteiger partial charge in [0, 0.05) is 17.8 Å². The van der Waals surface area contributed by atoms with Crippen molar-refractivity contribution in [1.82, 2.24) is 0 Å². The van der Waals surface area contributed by atoms with Crippen LogP contribution in [-0.4, -0.2) is 55.0 Å². The summed E-state index contributed by atoms with van der Waals surface area (Å²) in [6, 6.07) is 3.56. The third-order valence-electron chi connectivity index (χ3n) is 2.35. The van der Waals surface area contributed by atoms with Crippen LogP contribution in [0.25, 0.3) is 0 Å². The lowest BCUT2D eigenvalue weighted by atomic mass is 10.2. The van der Waals surface area contributed by atoms with Crippen LogP contribution in [0.3, 0.4) is 0 Å². The summed E-state index contributed by atoms with van der Waals surface area (Å²) in [5, 5.41) is 18.5. The summed E-state index contributed by atoms with van der Waals surface area (Å²) in [5.74, 6) is -1.41. The number of carbonyl (C=O) groups is 1. The number of rotatable bonds is 9. The Hall–Kier alpha value is -1.15. The number of hydrogen-bond donors (Lipinski definition) is 2. The first kappa shape index (κ1) is 16.9. The summed E-state index contributed by atoms with van der Waals surface area (Å²) in [6.45, 7) is 0.937. The molecule has 1 aromatic rings. The first-order valence-corrected chi connectivity index (χ1v) is 6.93. The zero-order valence-electron chi connectivity index (χ0n) is 11.0. The molecule has 1 aromatic carbocycles. The molecule has 112 valence electrons. The van der Waals surface area contributed by atoms with Crippen LogP contribution in [0.1, 0.15) is 10.4 Å². The number of aromatic carboxylic acids is 1. The van der Waals surface area contributed by atoms with Gasteiger partial charge in [0.25, 0.3) is 0 Å². The molecule has 0 aliphatic carbocycles. The molecule has 5 nitrogen and oxygen atoms in total. The molecule has 0 radical (unpaired) electrons. The monoisotopic (exact) mass is 304 g/mol. The van der Waals surface area contributed by atoms with Crippen LogP contribution in [0.4, 0.5) is 4.39 Å². The topological polar surface area (TPSA) is 76.0 Å². The molecule has 0 saturated carbocycles. The summed E-state index contributed by atoms with van der Waals surface area (Å²) in [4.78, 5) is 11.0. The molecular weight excluding hydrogens is 287 g/mol. The molecular formula is C13H17FO5S. The first-order chi connectivity index (χ1) is 9.54. The Kier molecular flexibility index (Phi) is 7.53. The maximum atomic E-state index is 13.5. The third kappa shape index (κ3) is 5.87. The molecule has 0 heterocycles. The molecule has 1 rings (SSSR count). The van der Waals surface area contributed by atoms with Crippen molar-refractivity contribution in [3.05, 3.63) is 29.6 Å². The van der Waals surface area contributed by atoms with Crippen molar-refractivity contribution in [1.29, 1.82) is 0 Å². The Balaban J connectivity index is 2.44. The van der Waals surface area contributed by atoms with Crippen LogP contribution in [-0.2, 0) is 9.47 Å². The number of carboxylic acid groups (broad SMARTS) is 1. The van der Waals surface area contributed by atoms with Crippen molar-refractivity contribution in [2.24, 2.45) is 0 Å². The number of thioether (sulfide) groups is 1. The minimum Gasteiger partial charge on any atom is -0.478 e. The van der Waals surface area contributed by atoms with E-state index < -0.39 is 17.9 Å². The lowest BCUT2D eigenvalue weighted by Crippen LogP contribution is -2.19. The minimum atomic E-state index is -1.12. The van der Waals surface area contributed by atoms with E-state index in [1.807, 2.05) is 0 Å². The van der Waals surface area contributed by atoms with Crippen molar-refractivity contribution in [2.75, 3.05) is 32.7 Å². The summed E-state index contributed by atoms with van der Waals surface area (Å²) >= 11 is 1.05. The molecule has 0 aliphatic heterocycles. The third-order valence-corrected chi connectivity index (χ3v) is 3.53. The van der Waals surface area contributed by atoms with Crippen LogP contribution in [0, 0.1) is 5.82 Å². The predicted octanol–water partition coefficient (Wildman–Crippen LogP) is 1.64. The largest absolute Gasteiger partial charge is 0.478 e. The number of halogens is 1. The smallest absolute Gasteiger partial charge is 0.335 e. The van der Waals surface area contributed by atoms with Crippen molar-refractivity contribution in [3.8, 4) is 0 Å². The molecule has 20 heavy (non-hydrogen) atoms. The van der Waals surface area contributed by atoms with Crippen molar-refractivity contribution < 1.29 is 28.9 Å². The second-order valence-corrected chi connectivity index (χ2v) is 5.04. The Morgan fingerprint density at radius 2 is 2.20 bits per heavy atom. The maximum Gasteiger partial charge on any atom is 0.335 e. The minimum absolute atomic E-state index is 0.0136. The number of aliphatic hydroxyl groups is 1. The van der Waals surface area contributed by atoms with E-state index in [0.29, 0.717) is 13.2 Å². The van der Waals surface area contributed by atoms with E-state index in [2.05, 4.69) is 0 Å². The molecule has 2 N–H and O–H groups in total. The van der Waals surface area contributed by atoms with Crippen LogP contribution >= 0.6 is 11.8 Å². The molecule has 0 aliphatic rings. The van der Waals surface area contributed by atoms with Gasteiger partial charge in [-0.2, -0.15) is 0 Å². The number of ether oxygens (including phenoxy) is 2. The van der Waals surface area contributed by atoms with Gasteiger partial charge in [0.05, 0.1) is 31.5 Å². The van der Waals surface area contributed by atoms with Crippen molar-refractivity contribution in [3.63, 3.8) is 0 Å². The summed E-state index contributed by atoms with van der Waals surface area (Å²) < 4.78 is 23.4. The number of hydrogen-bond acceptors (Lipinski definition) is 5. The van der Waals surface area contributed by atoms with Crippen molar-refractivity contribution in [2.45, 2.75) is 11.0 Å². The van der Waals surface area contributed by atoms with E-state index in [-0.39, 0.29) is 22.8 Å². The molecule has 0 saturated heterocycles. The highest BCUT2D eigenvalue weighted by atomic mass is 32.2. The lowest BCUT2D eigenvalue weighted by molar-refractivity contribution is 0.0218. The fourth-order valence-corrected chi connectivity index (χ4v) is 2.23. The Morgan fingerprint density at radius 1 is 1.45 bits per heavy atom. The Morgan fingerprint density at radius 3 is 2.85 bits per heavy atom. The van der Waals surface area contributed by atoms with Gasteiger partial charge in [0.2, 0.25) is 0 Å². The van der Waals surface area contributed by atoms with E-state index in [0.717, 1.165) is 17.8 Å². The molecule has 0 bridgehead atoms. The number of carboxylic acids is 1. The average Bonchev–Trinajstić information content (AvgIpc) is 2.42. The average molecular weight is 304 g/mol. The standard InChI is InChI=1S/C13H17FO5S/c1-18-4-5-19-7-10(15)8-20-12-6-9(13(16)17)2-3-11(12)14/h2-3,6,10,15H,4-5,7-8H2,1H3,(H,16,17). The van der Waals surface area contributed by atoms with Gasteiger partial charge in [-0.25, -0.2) is 9.18 Å². The molecule has 0 aromatic heterocycles. The number of aliphatic hydroxyl groups excluding tert-OH is 1. The first-order valence-electron chi connectivity index (χ1n) is 5.95. The highest BCUT2D eigenvalue weighted by Gasteiger charge is 2.11. The molecule has 0 amide bonds. The van der Waals surface area contributed by atoms with E-state index >= 15 is 0 Å². The van der Waals surface area contributed by atoms with E-state index in [4.69, 9.17) is 14.6 Å². The molecule has 7 heteroatoms. The fourth-order valence-electron chi connectivity index (χ4n) is 1.34. The number of methoxy groups -OCH3 is 1.